The molecule has 1 aromatic rings. The van der Waals surface area contributed by atoms with Crippen molar-refractivity contribution in [3.05, 3.63) is 29.6 Å². The van der Waals surface area contributed by atoms with Crippen molar-refractivity contribution in [3.8, 4) is 0 Å². The maximum Gasteiger partial charge on any atom is 0.453 e. The average Bonchev–Trinajstić information content (AvgIpc) is 2.82. The Morgan fingerprint density at radius 1 is 1.14 bits per heavy atom. The first-order chi connectivity index (χ1) is 15.8. The first-order valence-electron chi connectivity index (χ1n) is 10.9. The highest BCUT2D eigenvalue weighted by Crippen LogP contribution is 2.39. The van der Waals surface area contributed by atoms with Gasteiger partial charge in [0.1, 0.15) is 0 Å². The number of nitrogens with zero attached hydrogens (tertiary/aromatic N) is 2. The van der Waals surface area contributed by atoms with Crippen LogP contribution in [-0.4, -0.2) is 71.8 Å². The molecule has 0 atom stereocenters. The summed E-state index contributed by atoms with van der Waals surface area (Å²) in [4.78, 5) is 16.5. The van der Waals surface area contributed by atoms with Gasteiger partial charge in [-0.3, -0.25) is 15.0 Å². The van der Waals surface area contributed by atoms with Crippen molar-refractivity contribution >= 4 is 40.7 Å². The molecule has 3 N–H and O–H groups in total. The third kappa shape index (κ3) is 6.57. The Kier molecular flexibility index (Phi) is 11.3. The topological polar surface area (TPSA) is 112 Å². The molecule has 1 aromatic heterocycles. The second kappa shape index (κ2) is 12.5. The highest BCUT2D eigenvalue weighted by Gasteiger charge is 2.56. The summed E-state index contributed by atoms with van der Waals surface area (Å²) < 4.78 is 89.4. The van der Waals surface area contributed by atoms with Gasteiger partial charge < -0.3 is 5.32 Å². The molecule has 0 radical (unpaired) electrons. The molecular formula is C20H29Cl2F5N4O4S. The van der Waals surface area contributed by atoms with Crippen LogP contribution in [0.2, 0.25) is 0 Å². The van der Waals surface area contributed by atoms with Crippen molar-refractivity contribution in [1.29, 1.82) is 0 Å². The van der Waals surface area contributed by atoms with Gasteiger partial charge in [-0.05, 0) is 56.8 Å². The Balaban J connectivity index is 0.00000324. The summed E-state index contributed by atoms with van der Waals surface area (Å²) in [6.07, 6.45) is -5.34. The molecule has 1 amide bonds. The van der Waals surface area contributed by atoms with E-state index in [1.54, 1.807) is 6.07 Å². The second-order valence-corrected chi connectivity index (χ2v) is 10.9. The Morgan fingerprint density at radius 2 is 1.72 bits per heavy atom. The van der Waals surface area contributed by atoms with E-state index in [2.05, 4.69) is 10.3 Å². The number of pyridine rings is 1. The first kappa shape index (κ1) is 32.7. The number of sulfonamides is 1. The molecule has 2 aliphatic rings. The van der Waals surface area contributed by atoms with E-state index in [4.69, 9.17) is 5.21 Å². The zero-order chi connectivity index (χ0) is 25.2. The largest absolute Gasteiger partial charge is 0.453 e. The molecule has 3 rings (SSSR count). The molecule has 16 heteroatoms. The zero-order valence-electron chi connectivity index (χ0n) is 19.1. The van der Waals surface area contributed by atoms with Crippen LogP contribution in [0.25, 0.3) is 0 Å². The molecule has 0 spiro atoms. The lowest BCUT2D eigenvalue weighted by Gasteiger charge is -2.40. The molecule has 8 nitrogen and oxygen atoms in total. The van der Waals surface area contributed by atoms with E-state index in [1.807, 2.05) is 0 Å². The summed E-state index contributed by atoms with van der Waals surface area (Å²) in [7, 11) is -4.07. The van der Waals surface area contributed by atoms with E-state index in [0.29, 0.717) is 31.6 Å². The van der Waals surface area contributed by atoms with Crippen LogP contribution >= 0.6 is 24.8 Å². The number of aryl methyl sites for hydroxylation is 1. The number of rotatable bonds is 7. The second-order valence-electron chi connectivity index (χ2n) is 8.66. The predicted octanol–water partition coefficient (Wildman–Crippen LogP) is 3.19. The van der Waals surface area contributed by atoms with Gasteiger partial charge in [0.05, 0.1) is 0 Å². The van der Waals surface area contributed by atoms with Gasteiger partial charge in [-0.2, -0.15) is 22.0 Å². The number of amides is 1. The lowest BCUT2D eigenvalue weighted by atomic mass is 9.93. The minimum atomic E-state index is -5.60. The molecule has 0 aromatic carbocycles. The number of carbonyl (C=O) groups excluding carboxylic acids is 1. The molecule has 36 heavy (non-hydrogen) atoms. The van der Waals surface area contributed by atoms with Crippen molar-refractivity contribution in [2.24, 2.45) is 0 Å². The quantitative estimate of drug-likeness (QED) is 0.257. The van der Waals surface area contributed by atoms with Gasteiger partial charge in [0, 0.05) is 37.3 Å². The fraction of sp³-hybridized carbons (Fsp3) is 0.700. The van der Waals surface area contributed by atoms with E-state index in [0.717, 1.165) is 0 Å². The van der Waals surface area contributed by atoms with E-state index in [1.165, 1.54) is 22.0 Å². The van der Waals surface area contributed by atoms with Gasteiger partial charge in [-0.25, -0.2) is 18.2 Å². The maximum atomic E-state index is 13.3. The maximum absolute atomic E-state index is 13.3. The predicted molar refractivity (Wildman–Crippen MR) is 125 cm³/mol. The van der Waals surface area contributed by atoms with Crippen molar-refractivity contribution in [2.75, 3.05) is 26.2 Å². The highest BCUT2D eigenvalue weighted by atomic mass is 35.5. The molecule has 2 aliphatic heterocycles. The van der Waals surface area contributed by atoms with Crippen LogP contribution < -0.4 is 10.8 Å². The van der Waals surface area contributed by atoms with E-state index >= 15 is 0 Å². The average molecular weight is 587 g/mol. The molecule has 0 bridgehead atoms. The van der Waals surface area contributed by atoms with Crippen LogP contribution in [0.15, 0.2) is 18.3 Å². The monoisotopic (exact) mass is 586 g/mol. The normalized spacial score (nSPS) is 19.6. The van der Waals surface area contributed by atoms with E-state index in [9.17, 15) is 35.2 Å². The van der Waals surface area contributed by atoms with Gasteiger partial charge in [-0.15, -0.1) is 24.8 Å². The lowest BCUT2D eigenvalue weighted by Crippen LogP contribution is -2.61. The van der Waals surface area contributed by atoms with Crippen LogP contribution in [-0.2, 0) is 21.2 Å². The molecule has 0 unspecified atom stereocenters. The number of hydroxylamine groups is 1. The third-order valence-electron chi connectivity index (χ3n) is 6.62. The van der Waals surface area contributed by atoms with Gasteiger partial charge in [0.2, 0.25) is 10.0 Å². The Hall–Kier alpha value is -1.32. The summed E-state index contributed by atoms with van der Waals surface area (Å²) >= 11 is 0. The first-order valence-corrected chi connectivity index (χ1v) is 12.3. The molecule has 2 saturated heterocycles. The summed E-state index contributed by atoms with van der Waals surface area (Å²) in [5.74, 6) is -5.86. The lowest BCUT2D eigenvalue weighted by molar-refractivity contribution is -0.284. The number of halogens is 7. The Bertz CT molecular complexity index is 969. The van der Waals surface area contributed by atoms with Crippen LogP contribution in [0.1, 0.15) is 49.3 Å². The standard InChI is InChI=1S/C20H27F5N4O4S.2ClH/c21-19(22,20(23,24)25)6-3-14-1-2-16(27-13-14)15-4-11-29(12-5-15)34(32,33)18(17(30)28-31)7-9-26-10-8-18;;/h1-2,13,15,26,31H,3-12H2,(H,28,30);2*1H. The fourth-order valence-electron chi connectivity index (χ4n) is 4.44. The van der Waals surface area contributed by atoms with Gasteiger partial charge in [0.25, 0.3) is 5.91 Å². The fourth-order valence-corrected chi connectivity index (χ4v) is 6.63. The summed E-state index contributed by atoms with van der Waals surface area (Å²) in [5, 5.41) is 12.1. The van der Waals surface area contributed by atoms with Gasteiger partial charge in [-0.1, -0.05) is 6.07 Å². The number of hydrogen-bond donors (Lipinski definition) is 3. The summed E-state index contributed by atoms with van der Waals surface area (Å²) in [6, 6.07) is 3.01. The third-order valence-corrected chi connectivity index (χ3v) is 9.25. The minimum Gasteiger partial charge on any atom is -0.317 e. The van der Waals surface area contributed by atoms with Crippen molar-refractivity contribution in [1.82, 2.24) is 20.1 Å². The van der Waals surface area contributed by atoms with E-state index < -0.39 is 45.6 Å². The number of nitrogens with one attached hydrogen (secondary N) is 2. The van der Waals surface area contributed by atoms with Crippen molar-refractivity contribution < 1.29 is 40.4 Å². The highest BCUT2D eigenvalue weighted by molar-refractivity contribution is 7.91. The van der Waals surface area contributed by atoms with Crippen LogP contribution in [0, 0.1) is 0 Å². The summed E-state index contributed by atoms with van der Waals surface area (Å²) in [6.45, 7) is 0.882. The SMILES string of the molecule is Cl.Cl.O=C(NO)C1(S(=O)(=O)N2CCC(c3ccc(CCC(F)(F)C(F)(F)F)cn3)CC2)CCNCC1. The molecule has 0 aliphatic carbocycles. The number of aromatic nitrogens is 1. The zero-order valence-corrected chi connectivity index (χ0v) is 21.5. The van der Waals surface area contributed by atoms with Gasteiger partial charge >= 0.3 is 12.1 Å². The van der Waals surface area contributed by atoms with Crippen molar-refractivity contribution in [2.45, 2.75) is 61.3 Å². The molecule has 208 valence electrons. The molecular weight excluding hydrogens is 558 g/mol. The number of carbonyl (C=O) groups is 1. The van der Waals surface area contributed by atoms with Gasteiger partial charge in [0.15, 0.2) is 4.75 Å². The van der Waals surface area contributed by atoms with Crippen LogP contribution in [0.4, 0.5) is 22.0 Å². The molecule has 2 fully saturated rings. The molecule has 3 heterocycles. The minimum absolute atomic E-state index is 0. The number of piperidine rings is 2. The van der Waals surface area contributed by atoms with Crippen LogP contribution in [0.3, 0.4) is 0 Å². The smallest absolute Gasteiger partial charge is 0.317 e. The number of alkyl halides is 5. The molecule has 0 saturated carbocycles. The van der Waals surface area contributed by atoms with Crippen molar-refractivity contribution in [3.63, 3.8) is 0 Å². The number of hydrogen-bond acceptors (Lipinski definition) is 6. The Morgan fingerprint density at radius 3 is 2.19 bits per heavy atom. The summed E-state index contributed by atoms with van der Waals surface area (Å²) in [5.41, 5.74) is 2.33. The van der Waals surface area contributed by atoms with Crippen LogP contribution in [0.5, 0.6) is 0 Å². The Labute approximate surface area is 218 Å². The van der Waals surface area contributed by atoms with E-state index in [-0.39, 0.29) is 62.2 Å².